The highest BCUT2D eigenvalue weighted by molar-refractivity contribution is 5.92. The highest BCUT2D eigenvalue weighted by Crippen LogP contribution is 2.31. The molecule has 1 aliphatic heterocycles. The van der Waals surface area contributed by atoms with E-state index in [1.54, 1.807) is 7.11 Å². The Hall–Kier alpha value is -2.33. The van der Waals surface area contributed by atoms with Gasteiger partial charge in [0.1, 0.15) is 5.75 Å². The van der Waals surface area contributed by atoms with Crippen LogP contribution in [0, 0.1) is 0 Å². The summed E-state index contributed by atoms with van der Waals surface area (Å²) in [5, 5.41) is 2.95. The minimum absolute atomic E-state index is 0.0261. The molecule has 1 fully saturated rings. The van der Waals surface area contributed by atoms with E-state index in [4.69, 9.17) is 4.74 Å². The van der Waals surface area contributed by atoms with Gasteiger partial charge in [-0.25, -0.2) is 0 Å². The average Bonchev–Trinajstić information content (AvgIpc) is 3.10. The van der Waals surface area contributed by atoms with Gasteiger partial charge in [-0.3, -0.25) is 9.69 Å². The molecule has 2 aromatic rings. The number of nitrogens with one attached hydrogen (secondary N) is 1. The first-order valence-corrected chi connectivity index (χ1v) is 8.50. The molecule has 1 heterocycles. The van der Waals surface area contributed by atoms with E-state index in [1.807, 2.05) is 30.3 Å². The Morgan fingerprint density at radius 2 is 1.92 bits per heavy atom. The van der Waals surface area contributed by atoms with Crippen LogP contribution in [0.25, 0.3) is 0 Å². The second kappa shape index (κ2) is 7.97. The first kappa shape index (κ1) is 16.5. The molecule has 1 saturated heterocycles. The second-order valence-corrected chi connectivity index (χ2v) is 6.10. The average molecular weight is 324 g/mol. The summed E-state index contributed by atoms with van der Waals surface area (Å²) < 4.78 is 5.27. The van der Waals surface area contributed by atoms with Gasteiger partial charge >= 0.3 is 0 Å². The summed E-state index contributed by atoms with van der Waals surface area (Å²) in [5.41, 5.74) is 2.08. The van der Waals surface area contributed by atoms with Crippen molar-refractivity contribution in [3.05, 3.63) is 60.2 Å². The lowest BCUT2D eigenvalue weighted by Gasteiger charge is -2.24. The molecule has 0 aliphatic carbocycles. The molecule has 2 aromatic carbocycles. The van der Waals surface area contributed by atoms with E-state index in [1.165, 1.54) is 12.0 Å². The molecule has 3 rings (SSSR count). The number of hydrogen-bond donors (Lipinski definition) is 1. The molecule has 0 saturated carbocycles. The number of methoxy groups -OCH3 is 1. The summed E-state index contributed by atoms with van der Waals surface area (Å²) >= 11 is 0. The second-order valence-electron chi connectivity index (χ2n) is 6.10. The van der Waals surface area contributed by atoms with Gasteiger partial charge in [0.2, 0.25) is 5.91 Å². The summed E-state index contributed by atoms with van der Waals surface area (Å²) in [7, 11) is 1.61. The van der Waals surface area contributed by atoms with Gasteiger partial charge in [-0.2, -0.15) is 0 Å². The van der Waals surface area contributed by atoms with Crippen molar-refractivity contribution in [3.8, 4) is 5.75 Å². The summed E-state index contributed by atoms with van der Waals surface area (Å²) in [4.78, 5) is 14.7. The van der Waals surface area contributed by atoms with Crippen LogP contribution >= 0.6 is 0 Å². The molecule has 0 bridgehead atoms. The van der Waals surface area contributed by atoms with E-state index < -0.39 is 0 Å². The fourth-order valence-corrected chi connectivity index (χ4v) is 3.35. The van der Waals surface area contributed by atoms with E-state index in [0.717, 1.165) is 25.2 Å². The molecule has 1 atom stereocenters. The van der Waals surface area contributed by atoms with Crippen molar-refractivity contribution in [1.82, 2.24) is 4.90 Å². The Bertz CT molecular complexity index is 672. The number of carbonyl (C=O) groups excluding carboxylic acids is 1. The van der Waals surface area contributed by atoms with E-state index in [-0.39, 0.29) is 5.91 Å². The van der Waals surface area contributed by atoms with Crippen molar-refractivity contribution in [1.29, 1.82) is 0 Å². The first-order valence-electron chi connectivity index (χ1n) is 8.50. The molecule has 1 N–H and O–H groups in total. The largest absolute Gasteiger partial charge is 0.495 e. The van der Waals surface area contributed by atoms with Gasteiger partial charge in [-0.05, 0) is 37.1 Å². The molecule has 1 unspecified atom stereocenters. The normalized spacial score (nSPS) is 17.6. The molecule has 1 amide bonds. The fourth-order valence-electron chi connectivity index (χ4n) is 3.35. The van der Waals surface area contributed by atoms with Crippen LogP contribution in [0.5, 0.6) is 5.75 Å². The zero-order chi connectivity index (χ0) is 16.8. The lowest BCUT2D eigenvalue weighted by atomic mass is 10.0. The zero-order valence-electron chi connectivity index (χ0n) is 14.1. The van der Waals surface area contributed by atoms with Crippen LogP contribution in [-0.2, 0) is 4.79 Å². The van der Waals surface area contributed by atoms with E-state index in [9.17, 15) is 4.79 Å². The van der Waals surface area contributed by atoms with Gasteiger partial charge in [-0.15, -0.1) is 0 Å². The maximum absolute atomic E-state index is 12.3. The monoisotopic (exact) mass is 324 g/mol. The highest BCUT2D eigenvalue weighted by Gasteiger charge is 2.25. The Balaban J connectivity index is 1.56. The third-order valence-electron chi connectivity index (χ3n) is 4.56. The zero-order valence-corrected chi connectivity index (χ0v) is 14.1. The van der Waals surface area contributed by atoms with Gasteiger partial charge in [-0.1, -0.05) is 42.5 Å². The lowest BCUT2D eigenvalue weighted by molar-refractivity contribution is -0.116. The SMILES string of the molecule is COc1ccccc1NC(=O)CCN1CCCC1c1ccccc1. The number of hydrogen-bond acceptors (Lipinski definition) is 3. The Labute approximate surface area is 143 Å². The molecule has 126 valence electrons. The number of rotatable bonds is 6. The third-order valence-corrected chi connectivity index (χ3v) is 4.56. The van der Waals surface area contributed by atoms with Crippen molar-refractivity contribution in [2.45, 2.75) is 25.3 Å². The van der Waals surface area contributed by atoms with Crippen LogP contribution in [0.1, 0.15) is 30.9 Å². The number of para-hydroxylation sites is 2. The predicted molar refractivity (Wildman–Crippen MR) is 96.2 cm³/mol. The van der Waals surface area contributed by atoms with Crippen molar-refractivity contribution in [3.63, 3.8) is 0 Å². The number of anilines is 1. The number of nitrogens with zero attached hydrogens (tertiary/aromatic N) is 1. The van der Waals surface area contributed by atoms with Crippen LogP contribution in [0.4, 0.5) is 5.69 Å². The summed E-state index contributed by atoms with van der Waals surface area (Å²) in [6, 6.07) is 18.5. The van der Waals surface area contributed by atoms with Gasteiger partial charge < -0.3 is 10.1 Å². The quantitative estimate of drug-likeness (QED) is 0.877. The standard InChI is InChI=1S/C20H24N2O2/c1-24-19-12-6-5-10-17(19)21-20(23)13-15-22-14-7-11-18(22)16-8-3-2-4-9-16/h2-6,8-10,12,18H,7,11,13-15H2,1H3,(H,21,23). The molecule has 0 aromatic heterocycles. The molecule has 4 nitrogen and oxygen atoms in total. The fraction of sp³-hybridized carbons (Fsp3) is 0.350. The van der Waals surface area contributed by atoms with Crippen molar-refractivity contribution >= 4 is 11.6 Å². The van der Waals surface area contributed by atoms with Crippen LogP contribution in [-0.4, -0.2) is 31.0 Å². The molecule has 0 radical (unpaired) electrons. The molecule has 4 heteroatoms. The van der Waals surface area contributed by atoms with Crippen LogP contribution in [0.3, 0.4) is 0 Å². The third kappa shape index (κ3) is 3.95. The Morgan fingerprint density at radius 1 is 1.17 bits per heavy atom. The maximum Gasteiger partial charge on any atom is 0.225 e. The first-order chi connectivity index (χ1) is 11.8. The van der Waals surface area contributed by atoms with E-state index in [2.05, 4.69) is 34.5 Å². The lowest BCUT2D eigenvalue weighted by Crippen LogP contribution is -2.27. The topological polar surface area (TPSA) is 41.6 Å². The number of carbonyl (C=O) groups is 1. The summed E-state index contributed by atoms with van der Waals surface area (Å²) in [6.07, 6.45) is 2.84. The molecule has 1 aliphatic rings. The van der Waals surface area contributed by atoms with Gasteiger partial charge in [0.15, 0.2) is 0 Å². The molecular formula is C20H24N2O2. The van der Waals surface area contributed by atoms with Gasteiger partial charge in [0.05, 0.1) is 12.8 Å². The minimum Gasteiger partial charge on any atom is -0.495 e. The van der Waals surface area contributed by atoms with Gasteiger partial charge in [0.25, 0.3) is 0 Å². The Morgan fingerprint density at radius 3 is 2.71 bits per heavy atom. The number of amides is 1. The molecular weight excluding hydrogens is 300 g/mol. The van der Waals surface area contributed by atoms with Crippen LogP contribution < -0.4 is 10.1 Å². The number of ether oxygens (including phenoxy) is 1. The van der Waals surface area contributed by atoms with Crippen molar-refractivity contribution < 1.29 is 9.53 Å². The Kier molecular flexibility index (Phi) is 5.49. The van der Waals surface area contributed by atoms with Crippen LogP contribution in [0.15, 0.2) is 54.6 Å². The van der Waals surface area contributed by atoms with Gasteiger partial charge in [0, 0.05) is 19.0 Å². The molecule has 0 spiro atoms. The highest BCUT2D eigenvalue weighted by atomic mass is 16.5. The van der Waals surface area contributed by atoms with Crippen LogP contribution in [0.2, 0.25) is 0 Å². The predicted octanol–water partition coefficient (Wildman–Crippen LogP) is 3.86. The smallest absolute Gasteiger partial charge is 0.225 e. The maximum atomic E-state index is 12.3. The van der Waals surface area contributed by atoms with E-state index in [0.29, 0.717) is 18.2 Å². The number of likely N-dealkylation sites (tertiary alicyclic amines) is 1. The minimum atomic E-state index is 0.0261. The van der Waals surface area contributed by atoms with E-state index >= 15 is 0 Å². The van der Waals surface area contributed by atoms with Crippen molar-refractivity contribution in [2.24, 2.45) is 0 Å². The summed E-state index contributed by atoms with van der Waals surface area (Å²) in [6.45, 7) is 1.84. The summed E-state index contributed by atoms with van der Waals surface area (Å²) in [5.74, 6) is 0.715. The molecule has 24 heavy (non-hydrogen) atoms. The van der Waals surface area contributed by atoms with Crippen molar-refractivity contribution in [2.75, 3.05) is 25.5 Å². The number of benzene rings is 2.